The zero-order valence-electron chi connectivity index (χ0n) is 12.6. The second kappa shape index (κ2) is 8.20. The number of rotatable bonds is 6. The van der Waals surface area contributed by atoms with Gasteiger partial charge < -0.3 is 10.1 Å². The predicted molar refractivity (Wildman–Crippen MR) is 92.2 cm³/mol. The molecular formula is C16H25NOS2. The SMILES string of the molecule is CCNC(c1ccccc1OCC)C1SCCSC1C. The third kappa shape index (κ3) is 3.86. The van der Waals surface area contributed by atoms with E-state index in [1.54, 1.807) is 0 Å². The van der Waals surface area contributed by atoms with Crippen molar-refractivity contribution in [3.05, 3.63) is 29.8 Å². The van der Waals surface area contributed by atoms with Gasteiger partial charge in [-0.3, -0.25) is 0 Å². The van der Waals surface area contributed by atoms with Crippen LogP contribution in [0.1, 0.15) is 32.4 Å². The molecule has 2 rings (SSSR count). The number of ether oxygens (including phenoxy) is 1. The third-order valence-corrected chi connectivity index (χ3v) is 6.74. The van der Waals surface area contributed by atoms with Gasteiger partial charge in [0, 0.05) is 33.6 Å². The van der Waals surface area contributed by atoms with E-state index in [0.717, 1.165) is 18.9 Å². The van der Waals surface area contributed by atoms with Gasteiger partial charge in [0.05, 0.1) is 6.61 Å². The Balaban J connectivity index is 2.27. The normalized spacial score (nSPS) is 24.4. The first-order valence-electron chi connectivity index (χ1n) is 7.46. The van der Waals surface area contributed by atoms with Gasteiger partial charge in [0.15, 0.2) is 0 Å². The van der Waals surface area contributed by atoms with Crippen LogP contribution >= 0.6 is 23.5 Å². The molecular weight excluding hydrogens is 286 g/mol. The summed E-state index contributed by atoms with van der Waals surface area (Å²) in [7, 11) is 0. The molecule has 0 saturated carbocycles. The number of thioether (sulfide) groups is 2. The van der Waals surface area contributed by atoms with Crippen molar-refractivity contribution in [1.82, 2.24) is 5.32 Å². The van der Waals surface area contributed by atoms with Crippen LogP contribution in [-0.2, 0) is 0 Å². The Kier molecular flexibility index (Phi) is 6.59. The van der Waals surface area contributed by atoms with E-state index < -0.39 is 0 Å². The molecule has 20 heavy (non-hydrogen) atoms. The van der Waals surface area contributed by atoms with E-state index >= 15 is 0 Å². The molecule has 0 aliphatic carbocycles. The van der Waals surface area contributed by atoms with Gasteiger partial charge in [-0.1, -0.05) is 32.0 Å². The maximum Gasteiger partial charge on any atom is 0.124 e. The number of para-hydroxylation sites is 1. The van der Waals surface area contributed by atoms with Gasteiger partial charge >= 0.3 is 0 Å². The molecule has 1 saturated heterocycles. The monoisotopic (exact) mass is 311 g/mol. The molecule has 0 aromatic heterocycles. The first-order valence-corrected chi connectivity index (χ1v) is 9.56. The van der Waals surface area contributed by atoms with E-state index in [4.69, 9.17) is 4.74 Å². The number of nitrogens with one attached hydrogen (secondary N) is 1. The van der Waals surface area contributed by atoms with Crippen LogP contribution < -0.4 is 10.1 Å². The summed E-state index contributed by atoms with van der Waals surface area (Å²) in [5.74, 6) is 3.55. The van der Waals surface area contributed by atoms with E-state index in [-0.39, 0.29) is 0 Å². The highest BCUT2D eigenvalue weighted by Crippen LogP contribution is 2.40. The Morgan fingerprint density at radius 2 is 2.00 bits per heavy atom. The van der Waals surface area contributed by atoms with E-state index in [9.17, 15) is 0 Å². The van der Waals surface area contributed by atoms with Gasteiger partial charge in [-0.15, -0.1) is 0 Å². The van der Waals surface area contributed by atoms with Crippen molar-refractivity contribution in [3.8, 4) is 5.75 Å². The number of hydrogen-bond acceptors (Lipinski definition) is 4. The van der Waals surface area contributed by atoms with Crippen molar-refractivity contribution in [1.29, 1.82) is 0 Å². The summed E-state index contributed by atoms with van der Waals surface area (Å²) in [5, 5.41) is 4.96. The van der Waals surface area contributed by atoms with E-state index in [2.05, 4.69) is 67.0 Å². The summed E-state index contributed by atoms with van der Waals surface area (Å²) in [5.41, 5.74) is 1.31. The minimum absolute atomic E-state index is 0.371. The van der Waals surface area contributed by atoms with Gasteiger partial charge in [-0.2, -0.15) is 23.5 Å². The topological polar surface area (TPSA) is 21.3 Å². The molecule has 0 spiro atoms. The maximum absolute atomic E-state index is 5.83. The van der Waals surface area contributed by atoms with Gasteiger partial charge in [0.1, 0.15) is 5.75 Å². The maximum atomic E-state index is 5.83. The largest absolute Gasteiger partial charge is 0.494 e. The van der Waals surface area contributed by atoms with Gasteiger partial charge in [0.2, 0.25) is 0 Å². The summed E-state index contributed by atoms with van der Waals surface area (Å²) < 4.78 is 5.83. The molecule has 1 aliphatic rings. The lowest BCUT2D eigenvalue weighted by Gasteiger charge is -2.35. The standard InChI is InChI=1S/C16H25NOS2/c1-4-17-15(16-12(3)19-10-11-20-16)13-8-6-7-9-14(13)18-5-2/h6-9,12,15-17H,4-5,10-11H2,1-3H3. The Labute approximate surface area is 131 Å². The van der Waals surface area contributed by atoms with Crippen molar-refractivity contribution in [2.24, 2.45) is 0 Å². The number of hydrogen-bond donors (Lipinski definition) is 1. The summed E-state index contributed by atoms with van der Waals surface area (Å²) in [4.78, 5) is 0. The van der Waals surface area contributed by atoms with Crippen LogP contribution in [0.4, 0.5) is 0 Å². The molecule has 1 fully saturated rings. The molecule has 1 aliphatic heterocycles. The highest BCUT2D eigenvalue weighted by atomic mass is 32.2. The van der Waals surface area contributed by atoms with Crippen LogP contribution in [0.25, 0.3) is 0 Å². The van der Waals surface area contributed by atoms with E-state index in [1.165, 1.54) is 17.1 Å². The fraction of sp³-hybridized carbons (Fsp3) is 0.625. The van der Waals surface area contributed by atoms with Crippen molar-refractivity contribution >= 4 is 23.5 Å². The molecule has 3 atom stereocenters. The quantitative estimate of drug-likeness (QED) is 0.857. The van der Waals surface area contributed by atoms with Crippen LogP contribution in [0.15, 0.2) is 24.3 Å². The van der Waals surface area contributed by atoms with Crippen molar-refractivity contribution in [2.45, 2.75) is 37.3 Å². The van der Waals surface area contributed by atoms with Crippen molar-refractivity contribution < 1.29 is 4.74 Å². The van der Waals surface area contributed by atoms with Gasteiger partial charge in [-0.05, 0) is 19.5 Å². The molecule has 2 nitrogen and oxygen atoms in total. The Hall–Kier alpha value is -0.320. The summed E-state index contributed by atoms with van der Waals surface area (Å²) >= 11 is 4.19. The lowest BCUT2D eigenvalue weighted by atomic mass is 10.0. The minimum Gasteiger partial charge on any atom is -0.494 e. The van der Waals surface area contributed by atoms with Crippen molar-refractivity contribution in [3.63, 3.8) is 0 Å². The fourth-order valence-corrected chi connectivity index (χ4v) is 5.60. The molecule has 0 radical (unpaired) electrons. The Morgan fingerprint density at radius 1 is 1.25 bits per heavy atom. The smallest absolute Gasteiger partial charge is 0.124 e. The first kappa shape index (κ1) is 16.1. The molecule has 1 heterocycles. The summed E-state index contributed by atoms with van der Waals surface area (Å²) in [6.07, 6.45) is 0. The number of benzene rings is 1. The minimum atomic E-state index is 0.371. The average Bonchev–Trinajstić information content (AvgIpc) is 2.47. The first-order chi connectivity index (χ1) is 9.77. The molecule has 1 N–H and O–H groups in total. The predicted octanol–water partition coefficient (Wildman–Crippen LogP) is 3.97. The molecule has 4 heteroatoms. The fourth-order valence-electron chi connectivity index (χ4n) is 2.66. The molecule has 1 aromatic carbocycles. The molecule has 112 valence electrons. The zero-order valence-corrected chi connectivity index (χ0v) is 14.2. The second-order valence-corrected chi connectivity index (χ2v) is 7.69. The summed E-state index contributed by atoms with van der Waals surface area (Å²) in [6, 6.07) is 8.85. The van der Waals surface area contributed by atoms with Crippen LogP contribution in [0.3, 0.4) is 0 Å². The van der Waals surface area contributed by atoms with Crippen LogP contribution in [0.5, 0.6) is 5.75 Å². The molecule has 3 unspecified atom stereocenters. The third-order valence-electron chi connectivity index (χ3n) is 3.54. The lowest BCUT2D eigenvalue weighted by molar-refractivity contribution is 0.330. The Morgan fingerprint density at radius 3 is 2.70 bits per heavy atom. The van der Waals surface area contributed by atoms with Crippen LogP contribution in [-0.4, -0.2) is 35.2 Å². The highest BCUT2D eigenvalue weighted by molar-refractivity contribution is 8.07. The van der Waals surface area contributed by atoms with Crippen LogP contribution in [0.2, 0.25) is 0 Å². The van der Waals surface area contributed by atoms with E-state index in [1.807, 2.05) is 6.92 Å². The summed E-state index contributed by atoms with van der Waals surface area (Å²) in [6.45, 7) is 8.29. The van der Waals surface area contributed by atoms with E-state index in [0.29, 0.717) is 16.5 Å². The molecule has 0 bridgehead atoms. The molecule has 0 amide bonds. The highest BCUT2D eigenvalue weighted by Gasteiger charge is 2.32. The average molecular weight is 312 g/mol. The van der Waals surface area contributed by atoms with Crippen molar-refractivity contribution in [2.75, 3.05) is 24.7 Å². The second-order valence-electron chi connectivity index (χ2n) is 4.92. The zero-order chi connectivity index (χ0) is 14.4. The van der Waals surface area contributed by atoms with Crippen LogP contribution in [0, 0.1) is 0 Å². The van der Waals surface area contributed by atoms with Gasteiger partial charge in [-0.25, -0.2) is 0 Å². The Bertz CT molecular complexity index is 413. The lowest BCUT2D eigenvalue weighted by Crippen LogP contribution is -2.38. The molecule has 1 aromatic rings. The van der Waals surface area contributed by atoms with Gasteiger partial charge in [0.25, 0.3) is 0 Å².